The molecule has 88 valence electrons. The molecule has 1 aromatic carbocycles. The van der Waals surface area contributed by atoms with Crippen LogP contribution in [-0.2, 0) is 4.79 Å². The fraction of sp³-hybridized carbons (Fsp3) is 0.364. The normalized spacial score (nSPS) is 14.4. The van der Waals surface area contributed by atoms with Gasteiger partial charge in [0, 0.05) is 0 Å². The van der Waals surface area contributed by atoms with Crippen molar-refractivity contribution in [2.45, 2.75) is 12.1 Å². The molecular weight excluding hydrogens is 211 g/mol. The summed E-state index contributed by atoms with van der Waals surface area (Å²) in [7, 11) is 3.24. The third kappa shape index (κ3) is 2.77. The highest BCUT2D eigenvalue weighted by Crippen LogP contribution is 2.17. The molecule has 0 bridgehead atoms. The number of hydrogen-bond acceptors (Lipinski definition) is 3. The van der Waals surface area contributed by atoms with Gasteiger partial charge in [0.15, 0.2) is 0 Å². The number of aliphatic carboxylic acids is 1. The van der Waals surface area contributed by atoms with Crippen LogP contribution >= 0.6 is 0 Å². The lowest BCUT2D eigenvalue weighted by Crippen LogP contribution is -2.44. The van der Waals surface area contributed by atoms with Crippen LogP contribution in [0.5, 0.6) is 0 Å². The van der Waals surface area contributed by atoms with Gasteiger partial charge in [0.1, 0.15) is 11.9 Å². The molecule has 0 aliphatic carbocycles. The number of hydrogen-bond donors (Lipinski definition) is 3. The van der Waals surface area contributed by atoms with Gasteiger partial charge in [-0.3, -0.25) is 4.79 Å². The van der Waals surface area contributed by atoms with Gasteiger partial charge >= 0.3 is 5.97 Å². The van der Waals surface area contributed by atoms with Crippen LogP contribution in [0.1, 0.15) is 11.6 Å². The number of carbonyl (C=O) groups is 1. The molecule has 4 nitrogen and oxygen atoms in total. The molecule has 0 radical (unpaired) electrons. The Morgan fingerprint density at radius 2 is 1.81 bits per heavy atom. The summed E-state index contributed by atoms with van der Waals surface area (Å²) in [4.78, 5) is 11.0. The summed E-state index contributed by atoms with van der Waals surface area (Å²) in [5, 5.41) is 14.6. The number of halogens is 1. The van der Waals surface area contributed by atoms with Crippen molar-refractivity contribution in [2.75, 3.05) is 14.1 Å². The Morgan fingerprint density at radius 3 is 2.19 bits per heavy atom. The van der Waals surface area contributed by atoms with Gasteiger partial charge in [0.25, 0.3) is 0 Å². The van der Waals surface area contributed by atoms with E-state index >= 15 is 0 Å². The largest absolute Gasteiger partial charge is 0.480 e. The zero-order chi connectivity index (χ0) is 12.1. The standard InChI is InChI=1S/C11H15FN2O2/c1-13-9(10(14-2)11(15)16)7-3-5-8(12)6-4-7/h3-6,9-10,13-14H,1-2H3,(H,15,16). The fourth-order valence-corrected chi connectivity index (χ4v) is 1.63. The maximum absolute atomic E-state index is 12.7. The Bertz CT molecular complexity index is 354. The van der Waals surface area contributed by atoms with Gasteiger partial charge in [0.2, 0.25) is 0 Å². The number of rotatable bonds is 5. The lowest BCUT2D eigenvalue weighted by Gasteiger charge is -2.23. The molecule has 0 spiro atoms. The number of nitrogens with one attached hydrogen (secondary N) is 2. The van der Waals surface area contributed by atoms with Crippen molar-refractivity contribution in [1.82, 2.24) is 10.6 Å². The van der Waals surface area contributed by atoms with E-state index in [2.05, 4.69) is 10.6 Å². The molecule has 0 heterocycles. The van der Waals surface area contributed by atoms with E-state index < -0.39 is 18.1 Å². The summed E-state index contributed by atoms with van der Waals surface area (Å²) >= 11 is 0. The van der Waals surface area contributed by atoms with E-state index in [0.717, 1.165) is 5.56 Å². The predicted octanol–water partition coefficient (Wildman–Crippen LogP) is 0.759. The molecule has 0 aliphatic heterocycles. The Kier molecular flexibility index (Phi) is 4.39. The Labute approximate surface area is 93.5 Å². The first kappa shape index (κ1) is 12.6. The van der Waals surface area contributed by atoms with E-state index in [-0.39, 0.29) is 5.82 Å². The minimum absolute atomic E-state index is 0.338. The average molecular weight is 226 g/mol. The zero-order valence-corrected chi connectivity index (χ0v) is 9.20. The highest BCUT2D eigenvalue weighted by molar-refractivity contribution is 5.74. The molecule has 3 N–H and O–H groups in total. The topological polar surface area (TPSA) is 61.4 Å². The Hall–Kier alpha value is -1.46. The summed E-state index contributed by atoms with van der Waals surface area (Å²) in [5.74, 6) is -1.29. The minimum atomic E-state index is -0.953. The lowest BCUT2D eigenvalue weighted by molar-refractivity contribution is -0.140. The number of carboxylic acid groups (broad SMARTS) is 1. The van der Waals surface area contributed by atoms with Gasteiger partial charge in [-0.05, 0) is 31.8 Å². The van der Waals surface area contributed by atoms with Crippen molar-refractivity contribution >= 4 is 5.97 Å². The van der Waals surface area contributed by atoms with Crippen LogP contribution < -0.4 is 10.6 Å². The smallest absolute Gasteiger partial charge is 0.322 e. The highest BCUT2D eigenvalue weighted by Gasteiger charge is 2.26. The van der Waals surface area contributed by atoms with Crippen molar-refractivity contribution in [3.8, 4) is 0 Å². The van der Waals surface area contributed by atoms with E-state index in [1.807, 2.05) is 0 Å². The molecule has 0 fully saturated rings. The van der Waals surface area contributed by atoms with Gasteiger partial charge in [-0.1, -0.05) is 12.1 Å². The number of likely N-dealkylation sites (N-methyl/N-ethyl adjacent to an activating group) is 2. The van der Waals surface area contributed by atoms with Crippen LogP contribution in [0.25, 0.3) is 0 Å². The predicted molar refractivity (Wildman–Crippen MR) is 58.7 cm³/mol. The van der Waals surface area contributed by atoms with E-state index in [4.69, 9.17) is 5.11 Å². The van der Waals surface area contributed by atoms with Crippen molar-refractivity contribution < 1.29 is 14.3 Å². The SMILES string of the molecule is CNC(C(=O)O)C(NC)c1ccc(F)cc1. The first-order valence-electron chi connectivity index (χ1n) is 4.93. The van der Waals surface area contributed by atoms with Gasteiger partial charge in [-0.15, -0.1) is 0 Å². The second kappa shape index (κ2) is 5.58. The highest BCUT2D eigenvalue weighted by atomic mass is 19.1. The van der Waals surface area contributed by atoms with Crippen LogP contribution in [0.4, 0.5) is 4.39 Å². The van der Waals surface area contributed by atoms with Gasteiger partial charge in [-0.2, -0.15) is 0 Å². The third-order valence-corrected chi connectivity index (χ3v) is 2.45. The maximum Gasteiger partial charge on any atom is 0.322 e. The number of benzene rings is 1. The van der Waals surface area contributed by atoms with E-state index in [1.165, 1.54) is 12.1 Å². The van der Waals surface area contributed by atoms with Crippen LogP contribution in [0.3, 0.4) is 0 Å². The van der Waals surface area contributed by atoms with Crippen molar-refractivity contribution in [2.24, 2.45) is 0 Å². The summed E-state index contributed by atoms with van der Waals surface area (Å²) in [6, 6.07) is 4.62. The van der Waals surface area contributed by atoms with Gasteiger partial charge < -0.3 is 15.7 Å². The van der Waals surface area contributed by atoms with E-state index in [0.29, 0.717) is 0 Å². The molecule has 2 atom stereocenters. The first-order valence-corrected chi connectivity index (χ1v) is 4.93. The second-order valence-corrected chi connectivity index (χ2v) is 3.42. The first-order chi connectivity index (χ1) is 7.60. The zero-order valence-electron chi connectivity index (χ0n) is 9.20. The maximum atomic E-state index is 12.7. The quantitative estimate of drug-likeness (QED) is 0.693. The van der Waals surface area contributed by atoms with Crippen LogP contribution in [0.15, 0.2) is 24.3 Å². The molecule has 1 aromatic rings. The van der Waals surface area contributed by atoms with Crippen molar-refractivity contribution in [3.63, 3.8) is 0 Å². The van der Waals surface area contributed by atoms with Gasteiger partial charge in [0.05, 0.1) is 6.04 Å². The second-order valence-electron chi connectivity index (χ2n) is 3.42. The summed E-state index contributed by atoms with van der Waals surface area (Å²) in [6.45, 7) is 0. The molecule has 16 heavy (non-hydrogen) atoms. The summed E-state index contributed by atoms with van der Waals surface area (Å²) < 4.78 is 12.7. The monoisotopic (exact) mass is 226 g/mol. The lowest BCUT2D eigenvalue weighted by atomic mass is 9.99. The molecule has 2 unspecified atom stereocenters. The molecule has 0 aliphatic rings. The van der Waals surface area contributed by atoms with Crippen molar-refractivity contribution in [3.05, 3.63) is 35.6 Å². The van der Waals surface area contributed by atoms with Gasteiger partial charge in [-0.25, -0.2) is 4.39 Å². The number of carboxylic acids is 1. The molecule has 0 saturated carbocycles. The van der Waals surface area contributed by atoms with Crippen LogP contribution in [-0.4, -0.2) is 31.2 Å². The van der Waals surface area contributed by atoms with Crippen LogP contribution in [0.2, 0.25) is 0 Å². The molecule has 1 rings (SSSR count). The minimum Gasteiger partial charge on any atom is -0.480 e. The molecule has 0 amide bonds. The average Bonchev–Trinajstić information content (AvgIpc) is 2.26. The molecule has 0 saturated heterocycles. The fourth-order valence-electron chi connectivity index (χ4n) is 1.63. The summed E-state index contributed by atoms with van der Waals surface area (Å²) in [5.41, 5.74) is 0.727. The van der Waals surface area contributed by atoms with E-state index in [9.17, 15) is 9.18 Å². The molecular formula is C11H15FN2O2. The Morgan fingerprint density at radius 1 is 1.25 bits per heavy atom. The molecule has 0 aromatic heterocycles. The third-order valence-electron chi connectivity index (χ3n) is 2.45. The summed E-state index contributed by atoms with van der Waals surface area (Å²) in [6.07, 6.45) is 0. The molecule has 5 heteroatoms. The van der Waals surface area contributed by atoms with Crippen molar-refractivity contribution in [1.29, 1.82) is 0 Å². The van der Waals surface area contributed by atoms with Crippen LogP contribution in [0, 0.1) is 5.82 Å². The van der Waals surface area contributed by atoms with E-state index in [1.54, 1.807) is 26.2 Å². The Balaban J connectivity index is 2.96.